The first-order valence-corrected chi connectivity index (χ1v) is 6.41. The maximum absolute atomic E-state index is 11.9. The molecule has 0 saturated carbocycles. The third-order valence-electron chi connectivity index (χ3n) is 3.02. The highest BCUT2D eigenvalue weighted by Gasteiger charge is 2.19. The van der Waals surface area contributed by atoms with Crippen LogP contribution in [0.25, 0.3) is 5.57 Å². The highest BCUT2D eigenvalue weighted by atomic mass is 35.5. The summed E-state index contributed by atoms with van der Waals surface area (Å²) in [5.74, 6) is -0.304. The van der Waals surface area contributed by atoms with Crippen molar-refractivity contribution in [2.24, 2.45) is 0 Å². The van der Waals surface area contributed by atoms with Gasteiger partial charge in [-0.3, -0.25) is 0 Å². The SMILES string of the molecule is COC(=O)/C(=C1/CCCCN1)c1ccc(Cl)cc1. The van der Waals surface area contributed by atoms with Crippen LogP contribution in [0.5, 0.6) is 0 Å². The van der Waals surface area contributed by atoms with Gasteiger partial charge in [-0.15, -0.1) is 0 Å². The first kappa shape index (κ1) is 13.0. The topological polar surface area (TPSA) is 38.3 Å². The molecule has 0 aliphatic carbocycles. The number of carbonyl (C=O) groups excluding carboxylic acids is 1. The number of halogens is 1. The Balaban J connectivity index is 2.41. The minimum atomic E-state index is -0.304. The standard InChI is InChI=1S/C14H16ClNO2/c1-18-14(17)13(12-4-2-3-9-16-12)10-5-7-11(15)8-6-10/h5-8,16H,2-4,9H2,1H3/b13-12-. The molecule has 96 valence electrons. The molecule has 1 aromatic carbocycles. The van der Waals surface area contributed by atoms with Crippen LogP contribution in [0.1, 0.15) is 24.8 Å². The number of carbonyl (C=O) groups is 1. The number of ether oxygens (including phenoxy) is 1. The second kappa shape index (κ2) is 5.91. The first-order chi connectivity index (χ1) is 8.72. The molecule has 4 heteroatoms. The third kappa shape index (κ3) is 2.85. The van der Waals surface area contributed by atoms with E-state index in [0.29, 0.717) is 10.6 Å². The van der Waals surface area contributed by atoms with Gasteiger partial charge >= 0.3 is 5.97 Å². The lowest BCUT2D eigenvalue weighted by Gasteiger charge is -2.20. The molecule has 1 fully saturated rings. The predicted octanol–water partition coefficient (Wildman–Crippen LogP) is 3.00. The van der Waals surface area contributed by atoms with Crippen molar-refractivity contribution in [1.29, 1.82) is 0 Å². The van der Waals surface area contributed by atoms with Crippen molar-refractivity contribution in [3.8, 4) is 0 Å². The average Bonchev–Trinajstić information content (AvgIpc) is 2.42. The van der Waals surface area contributed by atoms with E-state index >= 15 is 0 Å². The van der Waals surface area contributed by atoms with Gasteiger partial charge in [0.2, 0.25) is 0 Å². The summed E-state index contributed by atoms with van der Waals surface area (Å²) in [4.78, 5) is 11.9. The van der Waals surface area contributed by atoms with Crippen molar-refractivity contribution in [1.82, 2.24) is 5.32 Å². The number of esters is 1. The quantitative estimate of drug-likeness (QED) is 0.660. The molecular formula is C14H16ClNO2. The monoisotopic (exact) mass is 265 g/mol. The fourth-order valence-corrected chi connectivity index (χ4v) is 2.23. The van der Waals surface area contributed by atoms with Gasteiger partial charge in [0.1, 0.15) is 0 Å². The summed E-state index contributed by atoms with van der Waals surface area (Å²) in [6.07, 6.45) is 3.11. The van der Waals surface area contributed by atoms with E-state index in [1.807, 2.05) is 12.1 Å². The average molecular weight is 266 g/mol. The largest absolute Gasteiger partial charge is 0.465 e. The normalized spacial score (nSPS) is 17.9. The van der Waals surface area contributed by atoms with Crippen molar-refractivity contribution in [3.63, 3.8) is 0 Å². The number of benzene rings is 1. The Morgan fingerprint density at radius 1 is 1.28 bits per heavy atom. The number of piperidine rings is 1. The van der Waals surface area contributed by atoms with Gasteiger partial charge in [0.05, 0.1) is 12.7 Å². The molecule has 1 N–H and O–H groups in total. The molecule has 0 radical (unpaired) electrons. The Bertz CT molecular complexity index is 457. The summed E-state index contributed by atoms with van der Waals surface area (Å²) in [5, 5.41) is 3.95. The first-order valence-electron chi connectivity index (χ1n) is 6.03. The molecule has 0 unspecified atom stereocenters. The van der Waals surface area contributed by atoms with Crippen LogP contribution < -0.4 is 5.32 Å². The van der Waals surface area contributed by atoms with Crippen LogP contribution in [0.3, 0.4) is 0 Å². The summed E-state index contributed by atoms with van der Waals surface area (Å²) in [5.41, 5.74) is 2.43. The molecule has 0 bridgehead atoms. The Morgan fingerprint density at radius 3 is 2.56 bits per heavy atom. The number of nitrogens with one attached hydrogen (secondary N) is 1. The zero-order chi connectivity index (χ0) is 13.0. The molecule has 1 heterocycles. The second-order valence-electron chi connectivity index (χ2n) is 4.24. The number of rotatable bonds is 2. The lowest BCUT2D eigenvalue weighted by Crippen LogP contribution is -2.23. The van der Waals surface area contributed by atoms with Crippen molar-refractivity contribution in [3.05, 3.63) is 40.5 Å². The van der Waals surface area contributed by atoms with E-state index in [-0.39, 0.29) is 5.97 Å². The van der Waals surface area contributed by atoms with Gasteiger partial charge in [0, 0.05) is 17.3 Å². The molecule has 2 rings (SSSR count). The van der Waals surface area contributed by atoms with Crippen molar-refractivity contribution >= 4 is 23.1 Å². The zero-order valence-corrected chi connectivity index (χ0v) is 11.1. The van der Waals surface area contributed by atoms with Gasteiger partial charge in [-0.2, -0.15) is 0 Å². The van der Waals surface area contributed by atoms with E-state index in [1.165, 1.54) is 7.11 Å². The van der Waals surface area contributed by atoms with E-state index in [0.717, 1.165) is 37.1 Å². The Kier molecular flexibility index (Phi) is 4.26. The number of methoxy groups -OCH3 is 1. The van der Waals surface area contributed by atoms with Gasteiger partial charge < -0.3 is 10.1 Å². The third-order valence-corrected chi connectivity index (χ3v) is 3.27. The van der Waals surface area contributed by atoms with E-state index in [4.69, 9.17) is 16.3 Å². The summed E-state index contributed by atoms with van der Waals surface area (Å²) in [7, 11) is 1.40. The molecule has 1 saturated heterocycles. The molecule has 18 heavy (non-hydrogen) atoms. The van der Waals surface area contributed by atoms with Gasteiger partial charge in [-0.05, 0) is 37.0 Å². The van der Waals surface area contributed by atoms with Gasteiger partial charge in [0.25, 0.3) is 0 Å². The van der Waals surface area contributed by atoms with Crippen LogP contribution in [0, 0.1) is 0 Å². The van der Waals surface area contributed by atoms with Crippen LogP contribution >= 0.6 is 11.6 Å². The smallest absolute Gasteiger partial charge is 0.340 e. The molecule has 0 amide bonds. The zero-order valence-electron chi connectivity index (χ0n) is 10.3. The molecule has 0 aromatic heterocycles. The van der Waals surface area contributed by atoms with E-state index in [2.05, 4.69) is 5.32 Å². The Labute approximate surface area is 112 Å². The summed E-state index contributed by atoms with van der Waals surface area (Å²) in [6.45, 7) is 0.906. The van der Waals surface area contributed by atoms with Crippen molar-refractivity contribution in [2.75, 3.05) is 13.7 Å². The molecule has 1 aliphatic heterocycles. The minimum Gasteiger partial charge on any atom is -0.465 e. The fourth-order valence-electron chi connectivity index (χ4n) is 2.10. The van der Waals surface area contributed by atoms with E-state index < -0.39 is 0 Å². The van der Waals surface area contributed by atoms with E-state index in [1.54, 1.807) is 12.1 Å². The number of allylic oxidation sites excluding steroid dienone is 1. The number of hydrogen-bond acceptors (Lipinski definition) is 3. The lowest BCUT2D eigenvalue weighted by atomic mass is 9.98. The molecular weight excluding hydrogens is 250 g/mol. The summed E-state index contributed by atoms with van der Waals surface area (Å²) >= 11 is 5.87. The van der Waals surface area contributed by atoms with Crippen LogP contribution in [0.15, 0.2) is 30.0 Å². The Morgan fingerprint density at radius 2 is 2.00 bits per heavy atom. The molecule has 1 aliphatic rings. The Hall–Kier alpha value is -1.48. The van der Waals surface area contributed by atoms with E-state index in [9.17, 15) is 4.79 Å². The van der Waals surface area contributed by atoms with Crippen LogP contribution in [0.4, 0.5) is 0 Å². The predicted molar refractivity (Wildman–Crippen MR) is 72.2 cm³/mol. The van der Waals surface area contributed by atoms with Crippen LogP contribution in [0.2, 0.25) is 5.02 Å². The van der Waals surface area contributed by atoms with Crippen LogP contribution in [-0.4, -0.2) is 19.6 Å². The maximum atomic E-state index is 11.9. The molecule has 3 nitrogen and oxygen atoms in total. The molecule has 1 aromatic rings. The number of hydrogen-bond donors (Lipinski definition) is 1. The lowest BCUT2D eigenvalue weighted by molar-refractivity contribution is -0.133. The van der Waals surface area contributed by atoms with Crippen LogP contribution in [-0.2, 0) is 9.53 Å². The summed E-state index contributed by atoms with van der Waals surface area (Å²) in [6, 6.07) is 7.25. The van der Waals surface area contributed by atoms with Gasteiger partial charge in [0.15, 0.2) is 0 Å². The van der Waals surface area contributed by atoms with Gasteiger partial charge in [-0.1, -0.05) is 23.7 Å². The van der Waals surface area contributed by atoms with Crippen molar-refractivity contribution in [2.45, 2.75) is 19.3 Å². The maximum Gasteiger partial charge on any atom is 0.340 e. The summed E-state index contributed by atoms with van der Waals surface area (Å²) < 4.78 is 4.88. The highest BCUT2D eigenvalue weighted by molar-refractivity contribution is 6.30. The fraction of sp³-hybridized carbons (Fsp3) is 0.357. The highest BCUT2D eigenvalue weighted by Crippen LogP contribution is 2.25. The molecule has 0 spiro atoms. The minimum absolute atomic E-state index is 0.304. The second-order valence-corrected chi connectivity index (χ2v) is 4.67. The molecule has 0 atom stereocenters. The van der Waals surface area contributed by atoms with Crippen molar-refractivity contribution < 1.29 is 9.53 Å². The van der Waals surface area contributed by atoms with Gasteiger partial charge in [-0.25, -0.2) is 4.79 Å².